The lowest BCUT2D eigenvalue weighted by molar-refractivity contribution is -0.385. The predicted molar refractivity (Wildman–Crippen MR) is 144 cm³/mol. The summed E-state index contributed by atoms with van der Waals surface area (Å²) in [4.78, 5) is 41.0. The normalized spacial score (nSPS) is 12.9. The number of anilines is 1. The van der Waals surface area contributed by atoms with E-state index in [1.807, 2.05) is 0 Å². The van der Waals surface area contributed by atoms with Gasteiger partial charge in [-0.25, -0.2) is 4.39 Å². The van der Waals surface area contributed by atoms with Gasteiger partial charge in [-0.15, -0.1) is 11.6 Å². The average molecular weight is 544 g/mol. The Morgan fingerprint density at radius 1 is 1.03 bits per heavy atom. The maximum absolute atomic E-state index is 13.4. The van der Waals surface area contributed by atoms with Gasteiger partial charge in [0.1, 0.15) is 11.5 Å². The first-order chi connectivity index (χ1) is 17.9. The molecule has 3 heterocycles. The fourth-order valence-electron chi connectivity index (χ4n) is 4.48. The van der Waals surface area contributed by atoms with Crippen molar-refractivity contribution in [2.75, 3.05) is 37.5 Å². The van der Waals surface area contributed by atoms with Gasteiger partial charge < -0.3 is 20.4 Å². The van der Waals surface area contributed by atoms with E-state index in [-0.39, 0.29) is 30.1 Å². The molecule has 0 aliphatic carbocycles. The van der Waals surface area contributed by atoms with Crippen LogP contribution < -0.4 is 16.6 Å². The van der Waals surface area contributed by atoms with Crippen molar-refractivity contribution < 1.29 is 18.5 Å². The Hall–Kier alpha value is -4.22. The van der Waals surface area contributed by atoms with Crippen LogP contribution in [0.15, 0.2) is 76.1 Å². The van der Waals surface area contributed by atoms with Gasteiger partial charge in [0.05, 0.1) is 23.2 Å². The second-order valence-corrected chi connectivity index (χ2v) is 8.25. The number of benzene rings is 2. The van der Waals surface area contributed by atoms with Crippen LogP contribution in [-0.2, 0) is 6.54 Å². The van der Waals surface area contributed by atoms with E-state index in [1.54, 1.807) is 58.3 Å². The third-order valence-electron chi connectivity index (χ3n) is 6.17. The van der Waals surface area contributed by atoms with Crippen molar-refractivity contribution in [3.05, 3.63) is 105 Å². The number of para-hydroxylation sites is 1. The number of hydrogen-bond acceptors (Lipinski definition) is 7. The zero-order chi connectivity index (χ0) is 26.5. The number of carbonyl (C=O) groups excluding carboxylic acids is 1. The van der Waals surface area contributed by atoms with Crippen LogP contribution in [0.1, 0.15) is 16.1 Å². The second-order valence-electron chi connectivity index (χ2n) is 8.25. The van der Waals surface area contributed by atoms with Gasteiger partial charge in [-0.2, -0.15) is 0 Å². The Bertz CT molecular complexity index is 1470. The molecule has 0 spiro atoms. The lowest BCUT2D eigenvalue weighted by atomic mass is 10.1. The summed E-state index contributed by atoms with van der Waals surface area (Å²) in [6, 6.07) is 15.9. The summed E-state index contributed by atoms with van der Waals surface area (Å²) in [6.45, 7) is 1.34. The Labute approximate surface area is 222 Å². The molecule has 0 bridgehead atoms. The zero-order valence-corrected chi connectivity index (χ0v) is 21.4. The number of nitro groups is 1. The fourth-order valence-corrected chi connectivity index (χ4v) is 4.48. The van der Waals surface area contributed by atoms with Gasteiger partial charge in [-0.05, 0) is 35.9 Å². The molecule has 0 saturated carbocycles. The first-order valence-corrected chi connectivity index (χ1v) is 12.2. The standard InChI is InChI=1S/C25H21FN4O5.CH3Cl.H3N/c26-18-9-7-17(8-10-18)16-29-20-5-2-1-4-19(20)22(23(25(29)32)30(33)34)27-11-13-28(14-12-27)24(31)21-6-3-15-35-21;1-2;/h1-10,15H,11-14,16H2;1H3;1H3. The Kier molecular flexibility index (Phi) is 9.21. The highest BCUT2D eigenvalue weighted by atomic mass is 35.5. The van der Waals surface area contributed by atoms with Gasteiger partial charge in [-0.1, -0.05) is 30.3 Å². The van der Waals surface area contributed by atoms with Gasteiger partial charge >= 0.3 is 11.2 Å². The molecule has 1 saturated heterocycles. The summed E-state index contributed by atoms with van der Waals surface area (Å²) < 4.78 is 19.9. The topological polar surface area (TPSA) is 137 Å². The molecule has 3 N–H and O–H groups in total. The van der Waals surface area contributed by atoms with Crippen LogP contribution in [0.3, 0.4) is 0 Å². The lowest BCUT2D eigenvalue weighted by Gasteiger charge is -2.36. The van der Waals surface area contributed by atoms with Crippen LogP contribution in [-0.4, -0.2) is 52.9 Å². The SMILES string of the molecule is CCl.N.O=C(c1ccco1)N1CCN(c2c([N+](=O)[O-])c(=O)n(Cc3ccc(F)cc3)c3ccccc23)CC1. The average Bonchev–Trinajstić information content (AvgIpc) is 3.47. The summed E-state index contributed by atoms with van der Waals surface area (Å²) in [6.07, 6.45) is 2.90. The van der Waals surface area contributed by atoms with Crippen molar-refractivity contribution in [3.8, 4) is 0 Å². The molecule has 10 nitrogen and oxygen atoms in total. The molecule has 5 rings (SSSR count). The van der Waals surface area contributed by atoms with Gasteiger partial charge in [-0.3, -0.25) is 24.3 Å². The largest absolute Gasteiger partial charge is 0.459 e. The summed E-state index contributed by atoms with van der Waals surface area (Å²) >= 11 is 4.64. The molecule has 1 amide bonds. The van der Waals surface area contributed by atoms with E-state index >= 15 is 0 Å². The maximum atomic E-state index is 13.4. The third-order valence-corrected chi connectivity index (χ3v) is 6.17. The molecule has 4 aromatic rings. The summed E-state index contributed by atoms with van der Waals surface area (Å²) in [7, 11) is 0. The van der Waals surface area contributed by atoms with Crippen LogP contribution in [0.2, 0.25) is 0 Å². The Morgan fingerprint density at radius 3 is 2.29 bits per heavy atom. The molecule has 2 aromatic carbocycles. The number of pyridine rings is 1. The summed E-state index contributed by atoms with van der Waals surface area (Å²) in [5, 5.41) is 12.7. The minimum absolute atomic E-state index is 0. The minimum Gasteiger partial charge on any atom is -0.459 e. The molecule has 1 aliphatic heterocycles. The number of aromatic nitrogens is 1. The molecule has 1 aliphatic rings. The zero-order valence-electron chi connectivity index (χ0n) is 20.7. The van der Waals surface area contributed by atoms with Crippen molar-refractivity contribution >= 4 is 39.8 Å². The first kappa shape index (κ1) is 28.4. The highest BCUT2D eigenvalue weighted by Crippen LogP contribution is 2.34. The second kappa shape index (κ2) is 12.3. The van der Waals surface area contributed by atoms with Crippen molar-refractivity contribution in [1.29, 1.82) is 0 Å². The maximum Gasteiger partial charge on any atom is 0.357 e. The van der Waals surface area contributed by atoms with Crippen LogP contribution in [0.4, 0.5) is 15.8 Å². The van der Waals surface area contributed by atoms with E-state index in [0.29, 0.717) is 42.6 Å². The minimum atomic E-state index is -0.734. The first-order valence-electron chi connectivity index (χ1n) is 11.4. The highest BCUT2D eigenvalue weighted by molar-refractivity contribution is 6.15. The number of carbonyl (C=O) groups is 1. The number of halogens is 2. The number of amides is 1. The molecular formula is C26H27ClFN5O5. The molecule has 0 radical (unpaired) electrons. The molecule has 0 unspecified atom stereocenters. The number of alkyl halides is 1. The lowest BCUT2D eigenvalue weighted by Crippen LogP contribution is -2.49. The Balaban J connectivity index is 0.00000130. The number of fused-ring (bicyclic) bond motifs is 1. The van der Waals surface area contributed by atoms with Crippen LogP contribution in [0.5, 0.6) is 0 Å². The van der Waals surface area contributed by atoms with Crippen molar-refractivity contribution in [2.45, 2.75) is 6.54 Å². The van der Waals surface area contributed by atoms with Gasteiger partial charge in [0.15, 0.2) is 5.76 Å². The molecule has 0 atom stereocenters. The van der Waals surface area contributed by atoms with E-state index in [2.05, 4.69) is 11.6 Å². The van der Waals surface area contributed by atoms with E-state index in [9.17, 15) is 24.1 Å². The number of hydrogen-bond donors (Lipinski definition) is 1. The fraction of sp³-hybridized carbons (Fsp3) is 0.231. The number of furan rings is 1. The van der Waals surface area contributed by atoms with Gasteiger partial charge in [0, 0.05) is 37.9 Å². The van der Waals surface area contributed by atoms with E-state index in [1.165, 1.54) is 29.3 Å². The van der Waals surface area contributed by atoms with Crippen LogP contribution >= 0.6 is 11.6 Å². The van der Waals surface area contributed by atoms with Crippen LogP contribution in [0.25, 0.3) is 10.9 Å². The van der Waals surface area contributed by atoms with E-state index in [4.69, 9.17) is 4.42 Å². The molecule has 12 heteroatoms. The van der Waals surface area contributed by atoms with E-state index in [0.717, 1.165) is 0 Å². The van der Waals surface area contributed by atoms with Crippen molar-refractivity contribution in [1.82, 2.24) is 15.6 Å². The number of nitrogens with zero attached hydrogens (tertiary/aromatic N) is 4. The molecule has 2 aromatic heterocycles. The molecular weight excluding hydrogens is 517 g/mol. The monoisotopic (exact) mass is 543 g/mol. The number of piperazine rings is 1. The van der Waals surface area contributed by atoms with Gasteiger partial charge in [0.25, 0.3) is 5.91 Å². The highest BCUT2D eigenvalue weighted by Gasteiger charge is 2.32. The molecule has 38 heavy (non-hydrogen) atoms. The molecule has 1 fully saturated rings. The quantitative estimate of drug-likeness (QED) is 0.219. The summed E-state index contributed by atoms with van der Waals surface area (Å²) in [5.41, 5.74) is 0.178. The smallest absolute Gasteiger partial charge is 0.357 e. The van der Waals surface area contributed by atoms with E-state index < -0.39 is 22.0 Å². The van der Waals surface area contributed by atoms with Crippen LogP contribution in [0, 0.1) is 15.9 Å². The van der Waals surface area contributed by atoms with Crippen molar-refractivity contribution in [2.24, 2.45) is 0 Å². The van der Waals surface area contributed by atoms with Crippen molar-refractivity contribution in [3.63, 3.8) is 0 Å². The number of rotatable bonds is 5. The summed E-state index contributed by atoms with van der Waals surface area (Å²) in [5.74, 6) is -0.418. The predicted octanol–water partition coefficient (Wildman–Crippen LogP) is 4.67. The molecule has 200 valence electrons. The van der Waals surface area contributed by atoms with Gasteiger partial charge in [0.2, 0.25) is 0 Å². The Morgan fingerprint density at radius 2 is 1.68 bits per heavy atom. The third kappa shape index (κ3) is 5.53.